The number of imide groups is 1. The first-order chi connectivity index (χ1) is 17.5. The maximum Gasteiger partial charge on any atom is 0.338 e. The van der Waals surface area contributed by atoms with Crippen LogP contribution in [-0.4, -0.2) is 53.2 Å². The number of fused-ring (bicyclic) bond motifs is 1. The Hall–Kier alpha value is -4.52. The van der Waals surface area contributed by atoms with Crippen LogP contribution in [0.3, 0.4) is 0 Å². The van der Waals surface area contributed by atoms with Gasteiger partial charge in [-0.3, -0.25) is 19.3 Å². The molecule has 0 bridgehead atoms. The molecule has 3 aromatic carbocycles. The molecule has 1 aliphatic rings. The van der Waals surface area contributed by atoms with Crippen molar-refractivity contribution in [2.24, 2.45) is 0 Å². The zero-order chi connectivity index (χ0) is 25.5. The van der Waals surface area contributed by atoms with Gasteiger partial charge in [0.2, 0.25) is 0 Å². The number of carbonyl (C=O) groups excluding carboxylic acids is 4. The molecule has 0 radical (unpaired) electrons. The molecule has 36 heavy (non-hydrogen) atoms. The van der Waals surface area contributed by atoms with Gasteiger partial charge in [0.25, 0.3) is 17.7 Å². The number of hydrogen-bond donors (Lipinski definition) is 0. The van der Waals surface area contributed by atoms with Gasteiger partial charge >= 0.3 is 5.97 Å². The molecule has 1 heterocycles. The fraction of sp³-hybridized carbons (Fsp3) is 0.172. The van der Waals surface area contributed by atoms with E-state index in [4.69, 9.17) is 4.74 Å². The summed E-state index contributed by atoms with van der Waals surface area (Å²) in [5.74, 6) is -1.99. The van der Waals surface area contributed by atoms with Gasteiger partial charge < -0.3 is 9.64 Å². The molecule has 0 aliphatic carbocycles. The van der Waals surface area contributed by atoms with Crippen LogP contribution in [0.25, 0.3) is 0 Å². The van der Waals surface area contributed by atoms with Gasteiger partial charge in [-0.25, -0.2) is 4.79 Å². The van der Waals surface area contributed by atoms with Crippen LogP contribution in [0.5, 0.6) is 0 Å². The van der Waals surface area contributed by atoms with Crippen LogP contribution < -0.4 is 0 Å². The number of ether oxygens (including phenoxy) is 1. The maximum absolute atomic E-state index is 13.0. The number of hydrogen-bond acceptors (Lipinski definition) is 5. The molecule has 0 aromatic heterocycles. The average molecular weight is 483 g/mol. The molecule has 0 N–H and O–H groups in total. The van der Waals surface area contributed by atoms with Crippen molar-refractivity contribution in [3.05, 3.63) is 119 Å². The smallest absolute Gasteiger partial charge is 0.338 e. The van der Waals surface area contributed by atoms with E-state index >= 15 is 0 Å². The van der Waals surface area contributed by atoms with Crippen LogP contribution in [0.15, 0.2) is 91.5 Å². The molecule has 0 saturated heterocycles. The van der Waals surface area contributed by atoms with Crippen LogP contribution >= 0.6 is 0 Å². The third-order valence-electron chi connectivity index (χ3n) is 5.93. The van der Waals surface area contributed by atoms with E-state index in [1.165, 1.54) is 24.3 Å². The third-order valence-corrected chi connectivity index (χ3v) is 5.93. The van der Waals surface area contributed by atoms with E-state index in [9.17, 15) is 19.2 Å². The molecule has 0 atom stereocenters. The summed E-state index contributed by atoms with van der Waals surface area (Å²) in [5.41, 5.74) is 2.53. The number of nitrogens with zero attached hydrogens (tertiary/aromatic N) is 2. The van der Waals surface area contributed by atoms with Crippen molar-refractivity contribution < 1.29 is 23.9 Å². The molecule has 1 aliphatic heterocycles. The van der Waals surface area contributed by atoms with E-state index in [1.807, 2.05) is 60.7 Å². The van der Waals surface area contributed by atoms with Gasteiger partial charge in [0, 0.05) is 19.6 Å². The van der Waals surface area contributed by atoms with Gasteiger partial charge in [-0.15, -0.1) is 6.58 Å². The Balaban J connectivity index is 1.42. The number of benzene rings is 3. The summed E-state index contributed by atoms with van der Waals surface area (Å²) >= 11 is 0. The van der Waals surface area contributed by atoms with Crippen LogP contribution in [0.2, 0.25) is 0 Å². The average Bonchev–Trinajstić information content (AvgIpc) is 3.15. The minimum Gasteiger partial charge on any atom is -0.452 e. The Morgan fingerprint density at radius 1 is 0.861 bits per heavy atom. The fourth-order valence-electron chi connectivity index (χ4n) is 4.02. The topological polar surface area (TPSA) is 84.0 Å². The first-order valence-corrected chi connectivity index (χ1v) is 11.6. The number of esters is 1. The van der Waals surface area contributed by atoms with Gasteiger partial charge in [-0.05, 0) is 35.7 Å². The van der Waals surface area contributed by atoms with Crippen molar-refractivity contribution in [3.8, 4) is 0 Å². The quantitative estimate of drug-likeness (QED) is 0.249. The van der Waals surface area contributed by atoms with E-state index in [-0.39, 0.29) is 29.1 Å². The number of carbonyl (C=O) groups is 4. The van der Waals surface area contributed by atoms with Crippen molar-refractivity contribution in [2.45, 2.75) is 13.0 Å². The maximum atomic E-state index is 13.0. The van der Waals surface area contributed by atoms with E-state index in [0.29, 0.717) is 19.5 Å². The molecule has 3 amide bonds. The summed E-state index contributed by atoms with van der Waals surface area (Å²) < 4.78 is 5.30. The van der Waals surface area contributed by atoms with E-state index in [0.717, 1.165) is 16.0 Å². The van der Waals surface area contributed by atoms with Gasteiger partial charge in [0.1, 0.15) is 0 Å². The molecule has 0 unspecified atom stereocenters. The van der Waals surface area contributed by atoms with Crippen molar-refractivity contribution >= 4 is 23.7 Å². The lowest BCUT2D eigenvalue weighted by Crippen LogP contribution is -2.35. The molecular weight excluding hydrogens is 456 g/mol. The molecule has 3 aromatic rings. The zero-order valence-electron chi connectivity index (χ0n) is 19.8. The highest BCUT2D eigenvalue weighted by Crippen LogP contribution is 2.24. The second kappa shape index (κ2) is 11.3. The van der Waals surface area contributed by atoms with Crippen LogP contribution in [0.4, 0.5) is 0 Å². The summed E-state index contributed by atoms with van der Waals surface area (Å²) in [7, 11) is 0. The summed E-state index contributed by atoms with van der Waals surface area (Å²) in [6.07, 6.45) is 2.12. The molecule has 4 rings (SSSR count). The zero-order valence-corrected chi connectivity index (χ0v) is 19.8. The Morgan fingerprint density at radius 2 is 1.50 bits per heavy atom. The normalized spacial score (nSPS) is 12.3. The van der Waals surface area contributed by atoms with Crippen LogP contribution in [-0.2, 0) is 22.5 Å². The predicted molar refractivity (Wildman–Crippen MR) is 134 cm³/mol. The SMILES string of the molecule is C=CCN1C(=O)c2ccc(C(=O)OCC(=O)N(CCc3ccccc3)Cc3ccccc3)cc2C1=O. The number of rotatable bonds is 10. The lowest BCUT2D eigenvalue weighted by atomic mass is 10.1. The van der Waals surface area contributed by atoms with Gasteiger partial charge in [-0.1, -0.05) is 66.7 Å². The monoisotopic (exact) mass is 482 g/mol. The second-order valence-electron chi connectivity index (χ2n) is 8.38. The predicted octanol–water partition coefficient (Wildman–Crippen LogP) is 3.90. The van der Waals surface area contributed by atoms with Crippen molar-refractivity contribution in [2.75, 3.05) is 19.7 Å². The van der Waals surface area contributed by atoms with Crippen molar-refractivity contribution in [3.63, 3.8) is 0 Å². The lowest BCUT2D eigenvalue weighted by Gasteiger charge is -2.23. The minimum absolute atomic E-state index is 0.0842. The standard InChI is InChI=1S/C29H26N2O5/c1-2-16-31-27(33)24-14-13-23(18-25(24)28(31)34)29(35)36-20-26(32)30(19-22-11-7-4-8-12-22)17-15-21-9-5-3-6-10-21/h2-14,18H,1,15-17,19-20H2. The van der Waals surface area contributed by atoms with Gasteiger partial charge in [-0.2, -0.15) is 0 Å². The van der Waals surface area contributed by atoms with E-state index < -0.39 is 24.4 Å². The summed E-state index contributed by atoms with van der Waals surface area (Å²) in [6, 6.07) is 23.6. The van der Waals surface area contributed by atoms with Crippen LogP contribution in [0, 0.1) is 0 Å². The Labute approximate surface area is 209 Å². The summed E-state index contributed by atoms with van der Waals surface area (Å²) in [5, 5.41) is 0. The van der Waals surface area contributed by atoms with Crippen molar-refractivity contribution in [1.29, 1.82) is 0 Å². The highest BCUT2D eigenvalue weighted by Gasteiger charge is 2.35. The third kappa shape index (κ3) is 5.58. The summed E-state index contributed by atoms with van der Waals surface area (Å²) in [6.45, 7) is 4.05. The minimum atomic E-state index is -0.740. The Bertz CT molecular complexity index is 1290. The number of amides is 3. The van der Waals surface area contributed by atoms with Gasteiger partial charge in [0.15, 0.2) is 6.61 Å². The Kier molecular flexibility index (Phi) is 7.70. The molecule has 7 nitrogen and oxygen atoms in total. The molecule has 0 fully saturated rings. The largest absolute Gasteiger partial charge is 0.452 e. The molecule has 0 saturated carbocycles. The summed E-state index contributed by atoms with van der Waals surface area (Å²) in [4.78, 5) is 53.3. The molecule has 7 heteroatoms. The lowest BCUT2D eigenvalue weighted by molar-refractivity contribution is -0.135. The molecule has 0 spiro atoms. The Morgan fingerprint density at radius 3 is 2.17 bits per heavy atom. The highest BCUT2D eigenvalue weighted by atomic mass is 16.5. The second-order valence-corrected chi connectivity index (χ2v) is 8.38. The van der Waals surface area contributed by atoms with Crippen LogP contribution in [0.1, 0.15) is 42.2 Å². The fourth-order valence-corrected chi connectivity index (χ4v) is 4.02. The highest BCUT2D eigenvalue weighted by molar-refractivity contribution is 6.22. The molecule has 182 valence electrons. The first-order valence-electron chi connectivity index (χ1n) is 11.6. The first kappa shape index (κ1) is 24.6. The van der Waals surface area contributed by atoms with E-state index in [2.05, 4.69) is 6.58 Å². The van der Waals surface area contributed by atoms with Crippen molar-refractivity contribution in [1.82, 2.24) is 9.80 Å². The van der Waals surface area contributed by atoms with E-state index in [1.54, 1.807) is 4.90 Å². The van der Waals surface area contributed by atoms with Gasteiger partial charge in [0.05, 0.1) is 16.7 Å². The molecular formula is C29H26N2O5.